The van der Waals surface area contributed by atoms with E-state index in [9.17, 15) is 4.79 Å². The van der Waals surface area contributed by atoms with E-state index in [-0.39, 0.29) is 11.6 Å². The number of aromatic nitrogens is 3. The lowest BCUT2D eigenvalue weighted by Gasteiger charge is -2.35. The number of benzene rings is 1. The molecule has 1 atom stereocenters. The monoisotopic (exact) mass is 366 g/mol. The van der Waals surface area contributed by atoms with Gasteiger partial charge in [-0.15, -0.1) is 0 Å². The predicted octanol–water partition coefficient (Wildman–Crippen LogP) is 3.38. The molecule has 1 N–H and O–H groups in total. The number of likely N-dealkylation sites (tertiary alicyclic amines) is 1. The second kappa shape index (κ2) is 7.19. The van der Waals surface area contributed by atoms with E-state index in [2.05, 4.69) is 27.1 Å². The van der Waals surface area contributed by atoms with E-state index in [4.69, 9.17) is 4.74 Å². The van der Waals surface area contributed by atoms with Crippen molar-refractivity contribution in [3.8, 4) is 5.75 Å². The number of hydrogen-bond acceptors (Lipinski definition) is 4. The fourth-order valence-corrected chi connectivity index (χ4v) is 3.91. The molecule has 6 heteroatoms. The Kier molecular flexibility index (Phi) is 4.74. The Bertz CT molecular complexity index is 1000. The maximum absolute atomic E-state index is 12.5. The molecule has 0 radical (unpaired) electrons. The standard InChI is InChI=1S/C21H26N4O2/c1-14-15(2)22-20-12-18(23-25(20)21(14)26)19-6-4-5-11-24(19)13-16-7-9-17(27-3)10-8-16/h7-10,12,19,23H,4-6,11,13H2,1-3H3/t19-/m0/s1. The van der Waals surface area contributed by atoms with Crippen LogP contribution >= 0.6 is 0 Å². The molecule has 0 spiro atoms. The zero-order valence-corrected chi connectivity index (χ0v) is 16.2. The van der Waals surface area contributed by atoms with Gasteiger partial charge in [0, 0.05) is 23.9 Å². The molecule has 1 fully saturated rings. The summed E-state index contributed by atoms with van der Waals surface area (Å²) in [6.07, 6.45) is 3.47. The Hall–Kier alpha value is -2.60. The van der Waals surface area contributed by atoms with Crippen molar-refractivity contribution < 1.29 is 4.74 Å². The van der Waals surface area contributed by atoms with E-state index in [1.165, 1.54) is 18.4 Å². The Morgan fingerprint density at radius 2 is 2.00 bits per heavy atom. The van der Waals surface area contributed by atoms with Crippen LogP contribution in [0.4, 0.5) is 0 Å². The Morgan fingerprint density at radius 1 is 1.22 bits per heavy atom. The number of aromatic amines is 1. The van der Waals surface area contributed by atoms with Gasteiger partial charge >= 0.3 is 0 Å². The summed E-state index contributed by atoms with van der Waals surface area (Å²) in [7, 11) is 1.69. The molecule has 1 aromatic carbocycles. The van der Waals surface area contributed by atoms with E-state index in [0.29, 0.717) is 11.2 Å². The number of piperidine rings is 1. The van der Waals surface area contributed by atoms with Crippen molar-refractivity contribution in [2.75, 3.05) is 13.7 Å². The maximum Gasteiger partial charge on any atom is 0.275 e. The molecule has 1 aliphatic heterocycles. The van der Waals surface area contributed by atoms with Gasteiger partial charge in [0.05, 0.1) is 18.8 Å². The largest absolute Gasteiger partial charge is 0.497 e. The second-order valence-electron chi connectivity index (χ2n) is 7.36. The zero-order chi connectivity index (χ0) is 19.0. The van der Waals surface area contributed by atoms with Gasteiger partial charge in [-0.05, 0) is 50.9 Å². The third-order valence-electron chi connectivity index (χ3n) is 5.62. The molecule has 0 amide bonds. The molecule has 142 valence electrons. The number of nitrogens with zero attached hydrogens (tertiary/aromatic N) is 3. The van der Waals surface area contributed by atoms with Crippen LogP contribution < -0.4 is 10.3 Å². The number of aryl methyl sites for hydroxylation is 1. The maximum atomic E-state index is 12.5. The zero-order valence-electron chi connectivity index (χ0n) is 16.2. The van der Waals surface area contributed by atoms with Crippen molar-refractivity contribution in [3.63, 3.8) is 0 Å². The average molecular weight is 366 g/mol. The van der Waals surface area contributed by atoms with Gasteiger partial charge in [-0.1, -0.05) is 18.6 Å². The van der Waals surface area contributed by atoms with Gasteiger partial charge in [-0.3, -0.25) is 14.8 Å². The van der Waals surface area contributed by atoms with Crippen molar-refractivity contribution in [1.29, 1.82) is 0 Å². The lowest BCUT2D eigenvalue weighted by Crippen LogP contribution is -2.33. The smallest absolute Gasteiger partial charge is 0.275 e. The number of nitrogens with one attached hydrogen (secondary N) is 1. The van der Waals surface area contributed by atoms with Gasteiger partial charge in [0.25, 0.3) is 5.56 Å². The highest BCUT2D eigenvalue weighted by Gasteiger charge is 2.26. The van der Waals surface area contributed by atoms with Gasteiger partial charge < -0.3 is 4.74 Å². The molecule has 0 saturated carbocycles. The molecule has 1 saturated heterocycles. The highest BCUT2D eigenvalue weighted by Crippen LogP contribution is 2.32. The minimum atomic E-state index is -0.0127. The summed E-state index contributed by atoms with van der Waals surface area (Å²) in [5, 5.41) is 3.32. The van der Waals surface area contributed by atoms with Gasteiger partial charge in [0.2, 0.25) is 0 Å². The number of H-pyrrole nitrogens is 1. The molecule has 3 aromatic rings. The van der Waals surface area contributed by atoms with Crippen molar-refractivity contribution in [2.45, 2.75) is 45.7 Å². The molecule has 2 aromatic heterocycles. The average Bonchev–Trinajstić information content (AvgIpc) is 3.11. The van der Waals surface area contributed by atoms with E-state index >= 15 is 0 Å². The SMILES string of the molecule is COc1ccc(CN2CCCC[C@H]2c2cc3nc(C)c(C)c(=O)n3[nH]2)cc1. The quantitative estimate of drug-likeness (QED) is 0.769. The van der Waals surface area contributed by atoms with Crippen LogP contribution in [-0.2, 0) is 6.54 Å². The Labute approximate surface area is 158 Å². The number of hydrogen-bond donors (Lipinski definition) is 1. The number of fused-ring (bicyclic) bond motifs is 1. The van der Waals surface area contributed by atoms with Crippen LogP contribution in [0.5, 0.6) is 5.75 Å². The molecule has 3 heterocycles. The van der Waals surface area contributed by atoms with Gasteiger partial charge in [0.1, 0.15) is 5.75 Å². The normalized spacial score (nSPS) is 18.1. The van der Waals surface area contributed by atoms with Crippen LogP contribution in [0.2, 0.25) is 0 Å². The Balaban J connectivity index is 1.64. The lowest BCUT2D eigenvalue weighted by molar-refractivity contribution is 0.137. The lowest BCUT2D eigenvalue weighted by atomic mass is 9.98. The molecule has 1 aliphatic rings. The van der Waals surface area contributed by atoms with Crippen molar-refractivity contribution in [3.05, 3.63) is 63.2 Å². The third-order valence-corrected chi connectivity index (χ3v) is 5.62. The van der Waals surface area contributed by atoms with Crippen LogP contribution in [-0.4, -0.2) is 33.2 Å². The summed E-state index contributed by atoms with van der Waals surface area (Å²) in [5.74, 6) is 0.876. The number of methoxy groups -OCH3 is 1. The first-order chi connectivity index (χ1) is 13.1. The van der Waals surface area contributed by atoms with Crippen LogP contribution in [0, 0.1) is 13.8 Å². The summed E-state index contributed by atoms with van der Waals surface area (Å²) in [6.45, 7) is 5.64. The molecule has 27 heavy (non-hydrogen) atoms. The molecule has 6 nitrogen and oxygen atoms in total. The molecule has 0 unspecified atom stereocenters. The van der Waals surface area contributed by atoms with Gasteiger partial charge in [0.15, 0.2) is 5.65 Å². The molecule has 0 bridgehead atoms. The Morgan fingerprint density at radius 3 is 2.74 bits per heavy atom. The topological polar surface area (TPSA) is 62.6 Å². The molecule has 4 rings (SSSR count). The number of ether oxygens (including phenoxy) is 1. The van der Waals surface area contributed by atoms with Gasteiger partial charge in [-0.2, -0.15) is 0 Å². The third kappa shape index (κ3) is 3.37. The first-order valence-electron chi connectivity index (χ1n) is 9.52. The van der Waals surface area contributed by atoms with E-state index in [1.807, 2.05) is 32.0 Å². The summed E-state index contributed by atoms with van der Waals surface area (Å²) in [4.78, 5) is 19.6. The first-order valence-corrected chi connectivity index (χ1v) is 9.52. The first kappa shape index (κ1) is 17.8. The molecular weight excluding hydrogens is 340 g/mol. The highest BCUT2D eigenvalue weighted by atomic mass is 16.5. The fraction of sp³-hybridized carbons (Fsp3) is 0.429. The second-order valence-corrected chi connectivity index (χ2v) is 7.36. The van der Waals surface area contributed by atoms with E-state index in [1.54, 1.807) is 11.6 Å². The summed E-state index contributed by atoms with van der Waals surface area (Å²) in [6, 6.07) is 10.6. The predicted molar refractivity (Wildman–Crippen MR) is 105 cm³/mol. The molecular formula is C21H26N4O2. The fourth-order valence-electron chi connectivity index (χ4n) is 3.91. The summed E-state index contributed by atoms with van der Waals surface area (Å²) in [5.41, 5.74) is 4.51. The molecule has 0 aliphatic carbocycles. The summed E-state index contributed by atoms with van der Waals surface area (Å²) < 4.78 is 6.84. The van der Waals surface area contributed by atoms with Crippen LogP contribution in [0.3, 0.4) is 0 Å². The summed E-state index contributed by atoms with van der Waals surface area (Å²) >= 11 is 0. The van der Waals surface area contributed by atoms with Crippen LogP contribution in [0.1, 0.15) is 47.8 Å². The number of rotatable bonds is 4. The van der Waals surface area contributed by atoms with E-state index < -0.39 is 0 Å². The minimum absolute atomic E-state index is 0.0127. The van der Waals surface area contributed by atoms with Crippen molar-refractivity contribution in [2.24, 2.45) is 0 Å². The van der Waals surface area contributed by atoms with Crippen molar-refractivity contribution >= 4 is 5.65 Å². The highest BCUT2D eigenvalue weighted by molar-refractivity contribution is 5.42. The minimum Gasteiger partial charge on any atom is -0.497 e. The van der Waals surface area contributed by atoms with Crippen LogP contribution in [0.15, 0.2) is 35.1 Å². The van der Waals surface area contributed by atoms with Crippen molar-refractivity contribution in [1.82, 2.24) is 19.5 Å². The van der Waals surface area contributed by atoms with Gasteiger partial charge in [-0.25, -0.2) is 9.50 Å². The van der Waals surface area contributed by atoms with Crippen LogP contribution in [0.25, 0.3) is 5.65 Å². The van der Waals surface area contributed by atoms with E-state index in [0.717, 1.165) is 36.6 Å².